The molecule has 19 heavy (non-hydrogen) atoms. The van der Waals surface area contributed by atoms with Gasteiger partial charge in [-0.2, -0.15) is 0 Å². The first-order valence-electron chi connectivity index (χ1n) is 7.12. The Bertz CT molecular complexity index is 403. The van der Waals surface area contributed by atoms with Crippen LogP contribution in [-0.2, 0) is 16.7 Å². The monoisotopic (exact) mass is 282 g/mol. The maximum absolute atomic E-state index is 5.43. The molecule has 1 N–H and O–H groups in total. The van der Waals surface area contributed by atoms with Crippen molar-refractivity contribution in [3.8, 4) is 0 Å². The van der Waals surface area contributed by atoms with E-state index in [-0.39, 0.29) is 5.41 Å². The second-order valence-corrected chi connectivity index (χ2v) is 7.85. The van der Waals surface area contributed by atoms with Crippen molar-refractivity contribution in [3.05, 3.63) is 16.1 Å². The van der Waals surface area contributed by atoms with Crippen LogP contribution in [0.1, 0.15) is 51.2 Å². The van der Waals surface area contributed by atoms with Gasteiger partial charge in [-0.1, -0.05) is 27.7 Å². The van der Waals surface area contributed by atoms with E-state index in [0.29, 0.717) is 5.41 Å². The summed E-state index contributed by atoms with van der Waals surface area (Å²) in [6, 6.07) is 0. The molecule has 0 amide bonds. The quantitative estimate of drug-likeness (QED) is 0.919. The molecule has 1 aromatic heterocycles. The molecule has 3 nitrogen and oxygen atoms in total. The number of nitrogens with zero attached hydrogens (tertiary/aromatic N) is 1. The van der Waals surface area contributed by atoms with Gasteiger partial charge >= 0.3 is 0 Å². The average molecular weight is 282 g/mol. The van der Waals surface area contributed by atoms with Crippen LogP contribution < -0.4 is 5.32 Å². The fourth-order valence-electron chi connectivity index (χ4n) is 2.25. The van der Waals surface area contributed by atoms with Crippen molar-refractivity contribution >= 4 is 11.3 Å². The summed E-state index contributed by atoms with van der Waals surface area (Å²) in [5.74, 6) is 0. The maximum atomic E-state index is 5.43. The Balaban J connectivity index is 1.81. The van der Waals surface area contributed by atoms with Crippen LogP contribution in [0.4, 0.5) is 0 Å². The second kappa shape index (κ2) is 5.90. The average Bonchev–Trinajstić information content (AvgIpc) is 2.78. The van der Waals surface area contributed by atoms with Gasteiger partial charge in [0.1, 0.15) is 5.01 Å². The molecule has 0 atom stereocenters. The molecule has 1 saturated heterocycles. The summed E-state index contributed by atoms with van der Waals surface area (Å²) in [4.78, 5) is 4.72. The Morgan fingerprint density at radius 3 is 2.63 bits per heavy atom. The molecule has 0 saturated carbocycles. The smallest absolute Gasteiger partial charge is 0.107 e. The van der Waals surface area contributed by atoms with Gasteiger partial charge in [-0.25, -0.2) is 4.98 Å². The molecule has 1 aliphatic heterocycles. The van der Waals surface area contributed by atoms with Crippen LogP contribution in [0.25, 0.3) is 0 Å². The fraction of sp³-hybridized carbons (Fsp3) is 0.800. The van der Waals surface area contributed by atoms with Crippen molar-refractivity contribution in [2.75, 3.05) is 19.8 Å². The van der Waals surface area contributed by atoms with Gasteiger partial charge in [-0.15, -0.1) is 11.3 Å². The normalized spacial score (nSPS) is 19.6. The van der Waals surface area contributed by atoms with Crippen LogP contribution in [0.3, 0.4) is 0 Å². The predicted octanol–water partition coefficient (Wildman–Crippen LogP) is 3.35. The van der Waals surface area contributed by atoms with Crippen molar-refractivity contribution in [3.63, 3.8) is 0 Å². The van der Waals surface area contributed by atoms with Gasteiger partial charge in [-0.3, -0.25) is 0 Å². The standard InChI is InChI=1S/C15H26N2OS/c1-14(2,3)12-10-19-13(17-12)9-16-11-15(4)5-7-18-8-6-15/h10,16H,5-9,11H2,1-4H3. The second-order valence-electron chi connectivity index (χ2n) is 6.90. The molecular weight excluding hydrogens is 256 g/mol. The minimum absolute atomic E-state index is 0.154. The SMILES string of the molecule is CC1(CNCc2nc(C(C)(C)C)cs2)CCOCC1. The fourth-order valence-corrected chi connectivity index (χ4v) is 3.24. The summed E-state index contributed by atoms with van der Waals surface area (Å²) in [6.45, 7) is 12.7. The summed E-state index contributed by atoms with van der Waals surface area (Å²) < 4.78 is 5.43. The van der Waals surface area contributed by atoms with Crippen LogP contribution in [0, 0.1) is 5.41 Å². The zero-order valence-electron chi connectivity index (χ0n) is 12.6. The molecule has 1 fully saturated rings. The number of nitrogens with one attached hydrogen (secondary N) is 1. The summed E-state index contributed by atoms with van der Waals surface area (Å²) in [6.07, 6.45) is 2.32. The van der Waals surface area contributed by atoms with Crippen LogP contribution >= 0.6 is 11.3 Å². The van der Waals surface area contributed by atoms with Gasteiger partial charge < -0.3 is 10.1 Å². The van der Waals surface area contributed by atoms with Gasteiger partial charge in [0, 0.05) is 37.1 Å². The Morgan fingerprint density at radius 2 is 2.05 bits per heavy atom. The highest BCUT2D eigenvalue weighted by atomic mass is 32.1. The number of ether oxygens (including phenoxy) is 1. The lowest BCUT2D eigenvalue weighted by Crippen LogP contribution is -2.36. The van der Waals surface area contributed by atoms with Gasteiger partial charge in [0.2, 0.25) is 0 Å². The third-order valence-corrected chi connectivity index (χ3v) is 4.70. The number of thiazole rings is 1. The highest BCUT2D eigenvalue weighted by Crippen LogP contribution is 2.29. The molecule has 108 valence electrons. The zero-order chi connectivity index (χ0) is 13.9. The molecule has 1 aromatic rings. The van der Waals surface area contributed by atoms with Crippen LogP contribution in [0.15, 0.2) is 5.38 Å². The Labute approximate surface area is 120 Å². The molecule has 2 heterocycles. The first-order valence-corrected chi connectivity index (χ1v) is 8.00. The van der Waals surface area contributed by atoms with Crippen molar-refractivity contribution in [1.82, 2.24) is 10.3 Å². The van der Waals surface area contributed by atoms with Crippen molar-refractivity contribution in [2.45, 2.75) is 52.5 Å². The number of rotatable bonds is 4. The Hall–Kier alpha value is -0.450. The molecule has 0 aliphatic carbocycles. The molecule has 4 heteroatoms. The van der Waals surface area contributed by atoms with E-state index in [2.05, 4.69) is 38.4 Å². The Kier molecular flexibility index (Phi) is 4.64. The molecular formula is C15H26N2OS. The van der Waals surface area contributed by atoms with Crippen molar-refractivity contribution < 1.29 is 4.74 Å². The van der Waals surface area contributed by atoms with E-state index in [4.69, 9.17) is 9.72 Å². The van der Waals surface area contributed by atoms with E-state index < -0.39 is 0 Å². The first kappa shape index (κ1) is 14.9. The molecule has 2 rings (SSSR count). The van der Waals surface area contributed by atoms with Gasteiger partial charge in [0.15, 0.2) is 0 Å². The molecule has 0 spiro atoms. The minimum Gasteiger partial charge on any atom is -0.381 e. The number of aromatic nitrogens is 1. The van der Waals surface area contributed by atoms with Crippen molar-refractivity contribution in [1.29, 1.82) is 0 Å². The lowest BCUT2D eigenvalue weighted by atomic mass is 9.82. The van der Waals surface area contributed by atoms with Crippen LogP contribution in [0.5, 0.6) is 0 Å². The number of hydrogen-bond acceptors (Lipinski definition) is 4. The zero-order valence-corrected chi connectivity index (χ0v) is 13.4. The van der Waals surface area contributed by atoms with Gasteiger partial charge in [-0.05, 0) is 18.3 Å². The summed E-state index contributed by atoms with van der Waals surface area (Å²) >= 11 is 1.76. The van der Waals surface area contributed by atoms with E-state index in [9.17, 15) is 0 Å². The topological polar surface area (TPSA) is 34.2 Å². The minimum atomic E-state index is 0.154. The lowest BCUT2D eigenvalue weighted by molar-refractivity contribution is 0.0240. The van der Waals surface area contributed by atoms with Gasteiger partial charge in [0.25, 0.3) is 0 Å². The summed E-state index contributed by atoms with van der Waals surface area (Å²) in [5, 5.41) is 6.95. The summed E-state index contributed by atoms with van der Waals surface area (Å²) in [7, 11) is 0. The maximum Gasteiger partial charge on any atom is 0.107 e. The summed E-state index contributed by atoms with van der Waals surface area (Å²) in [5.41, 5.74) is 1.75. The lowest BCUT2D eigenvalue weighted by Gasteiger charge is -2.33. The van der Waals surface area contributed by atoms with E-state index in [0.717, 1.165) is 39.1 Å². The highest BCUT2D eigenvalue weighted by Gasteiger charge is 2.26. The van der Waals surface area contributed by atoms with E-state index in [1.807, 2.05) is 0 Å². The molecule has 1 aliphatic rings. The first-order chi connectivity index (χ1) is 8.89. The van der Waals surface area contributed by atoms with E-state index >= 15 is 0 Å². The van der Waals surface area contributed by atoms with Crippen molar-refractivity contribution in [2.24, 2.45) is 5.41 Å². The van der Waals surface area contributed by atoms with Crippen LogP contribution in [0.2, 0.25) is 0 Å². The molecule has 0 bridgehead atoms. The molecule has 0 unspecified atom stereocenters. The molecule has 0 radical (unpaired) electrons. The largest absolute Gasteiger partial charge is 0.381 e. The van der Waals surface area contributed by atoms with E-state index in [1.54, 1.807) is 11.3 Å². The molecule has 0 aromatic carbocycles. The van der Waals surface area contributed by atoms with Gasteiger partial charge in [0.05, 0.1) is 5.69 Å². The third-order valence-electron chi connectivity index (χ3n) is 3.85. The number of hydrogen-bond donors (Lipinski definition) is 1. The Morgan fingerprint density at radius 1 is 1.37 bits per heavy atom. The van der Waals surface area contributed by atoms with E-state index in [1.165, 1.54) is 10.7 Å². The third kappa shape index (κ3) is 4.26. The highest BCUT2D eigenvalue weighted by molar-refractivity contribution is 7.09. The predicted molar refractivity (Wildman–Crippen MR) is 80.7 cm³/mol. The van der Waals surface area contributed by atoms with Crippen LogP contribution in [-0.4, -0.2) is 24.7 Å².